The lowest BCUT2D eigenvalue weighted by Crippen LogP contribution is -2.30. The molecule has 1 rings (SSSR count). The van der Waals surface area contributed by atoms with E-state index in [0.29, 0.717) is 0 Å². The van der Waals surface area contributed by atoms with E-state index in [1.807, 2.05) is 0 Å². The normalized spacial score (nSPS) is 11.2. The van der Waals surface area contributed by atoms with Gasteiger partial charge in [-0.15, -0.1) is 0 Å². The zero-order valence-electron chi connectivity index (χ0n) is 8.98. The highest BCUT2D eigenvalue weighted by Gasteiger charge is 2.25. The summed E-state index contributed by atoms with van der Waals surface area (Å²) in [6.45, 7) is 0.874. The predicted octanol–water partition coefficient (Wildman–Crippen LogP) is 1.72. The Hall–Kier alpha value is -0.960. The number of esters is 1. The molecule has 0 saturated carbocycles. The van der Waals surface area contributed by atoms with E-state index in [4.69, 9.17) is 15.3 Å². The molecule has 0 aliphatic carbocycles. The highest BCUT2D eigenvalue weighted by Crippen LogP contribution is 2.31. The summed E-state index contributed by atoms with van der Waals surface area (Å²) in [5, 5.41) is 26.7. The Labute approximate surface area is 118 Å². The first-order valence-corrected chi connectivity index (χ1v) is 6.11. The molecule has 0 heterocycles. The number of ether oxygens (including phenoxy) is 1. The number of hydrogen-bond acceptors (Lipinski definition) is 5. The molecule has 0 bridgehead atoms. The topological polar surface area (TPSA) is 104 Å². The third kappa shape index (κ3) is 3.52. The van der Waals surface area contributed by atoms with Crippen LogP contribution in [0.2, 0.25) is 0 Å². The van der Waals surface area contributed by atoms with E-state index in [9.17, 15) is 9.59 Å². The Kier molecular flexibility index (Phi) is 4.49. The Morgan fingerprint density at radius 2 is 1.61 bits per heavy atom. The summed E-state index contributed by atoms with van der Waals surface area (Å²) in [6, 6.07) is 2.40. The smallest absolute Gasteiger partial charge is 0.343 e. The summed E-state index contributed by atoms with van der Waals surface area (Å²) in [7, 11) is 0. The highest BCUT2D eigenvalue weighted by molar-refractivity contribution is 9.13. The van der Waals surface area contributed by atoms with Crippen LogP contribution >= 0.6 is 31.9 Å². The van der Waals surface area contributed by atoms with Crippen LogP contribution in [0.5, 0.6) is 0 Å². The second-order valence-electron chi connectivity index (χ2n) is 3.42. The van der Waals surface area contributed by atoms with Crippen LogP contribution in [0.15, 0.2) is 21.1 Å². The van der Waals surface area contributed by atoms with Crippen molar-refractivity contribution in [3.8, 4) is 0 Å². The van der Waals surface area contributed by atoms with Crippen molar-refractivity contribution in [2.75, 3.05) is 0 Å². The maximum Gasteiger partial charge on any atom is 0.343 e. The first-order valence-electron chi connectivity index (χ1n) is 4.53. The summed E-state index contributed by atoms with van der Waals surface area (Å²) in [4.78, 5) is 22.4. The average Bonchev–Trinajstić information content (AvgIpc) is 2.18. The first-order chi connectivity index (χ1) is 8.13. The Balaban J connectivity index is 3.17. The Morgan fingerprint density at radius 1 is 1.17 bits per heavy atom. The van der Waals surface area contributed by atoms with Crippen LogP contribution in [0.25, 0.3) is 0 Å². The molecule has 1 aromatic carbocycles. The number of hydrogen-bond donors (Lipinski definition) is 3. The van der Waals surface area contributed by atoms with Crippen molar-refractivity contribution in [2.24, 2.45) is 0 Å². The van der Waals surface area contributed by atoms with Crippen molar-refractivity contribution in [1.82, 2.24) is 0 Å². The number of carboxylic acid groups (broad SMARTS) is 1. The molecule has 6 nitrogen and oxygen atoms in total. The van der Waals surface area contributed by atoms with Gasteiger partial charge in [-0.3, -0.25) is 0 Å². The lowest BCUT2D eigenvalue weighted by Gasteiger charge is -2.17. The molecule has 0 aliphatic heterocycles. The lowest BCUT2D eigenvalue weighted by molar-refractivity contribution is -0.293. The van der Waals surface area contributed by atoms with Gasteiger partial charge in [-0.2, -0.15) is 0 Å². The molecular formula is C10H8Br2O6. The van der Waals surface area contributed by atoms with Crippen LogP contribution in [0, 0.1) is 0 Å². The van der Waals surface area contributed by atoms with Gasteiger partial charge in [0.15, 0.2) is 0 Å². The zero-order chi connectivity index (χ0) is 14.1. The molecule has 0 spiro atoms. The van der Waals surface area contributed by atoms with Gasteiger partial charge in [0.25, 0.3) is 0 Å². The number of halogens is 2. The molecule has 18 heavy (non-hydrogen) atoms. The van der Waals surface area contributed by atoms with E-state index in [1.165, 1.54) is 12.1 Å². The second-order valence-corrected chi connectivity index (χ2v) is 5.00. The minimum Gasteiger partial charge on any atom is -0.478 e. The molecule has 8 heteroatoms. The van der Waals surface area contributed by atoms with Gasteiger partial charge in [0.1, 0.15) is 0 Å². The first kappa shape index (κ1) is 15.1. The molecular weight excluding hydrogens is 376 g/mol. The van der Waals surface area contributed by atoms with Gasteiger partial charge in [-0.25, -0.2) is 9.59 Å². The fraction of sp³-hybridized carbons (Fsp3) is 0.200. The number of aliphatic hydroxyl groups is 2. The van der Waals surface area contributed by atoms with Gasteiger partial charge in [-0.1, -0.05) is 0 Å². The highest BCUT2D eigenvalue weighted by atomic mass is 79.9. The van der Waals surface area contributed by atoms with Gasteiger partial charge >= 0.3 is 17.9 Å². The van der Waals surface area contributed by atoms with Gasteiger partial charge < -0.3 is 20.1 Å². The van der Waals surface area contributed by atoms with Gasteiger partial charge in [-0.05, 0) is 44.0 Å². The molecule has 98 valence electrons. The van der Waals surface area contributed by atoms with Gasteiger partial charge in [0.05, 0.1) is 11.1 Å². The maximum absolute atomic E-state index is 11.6. The number of carboxylic acids is 1. The SMILES string of the molecule is CC(O)(O)OC(=O)c1ccc(C(=O)O)c(Br)c1Br. The van der Waals surface area contributed by atoms with Crippen molar-refractivity contribution in [1.29, 1.82) is 0 Å². The number of carbonyl (C=O) groups excluding carboxylic acids is 1. The molecule has 0 unspecified atom stereocenters. The van der Waals surface area contributed by atoms with E-state index >= 15 is 0 Å². The second kappa shape index (κ2) is 5.35. The minimum absolute atomic E-state index is 0.0406. The van der Waals surface area contributed by atoms with Gasteiger partial charge in [0.2, 0.25) is 0 Å². The van der Waals surface area contributed by atoms with Crippen molar-refractivity contribution in [3.05, 3.63) is 32.2 Å². The maximum atomic E-state index is 11.6. The fourth-order valence-electron chi connectivity index (χ4n) is 1.10. The standard InChI is InChI=1S/C10H8Br2O6/c1-10(16,17)18-9(15)5-3-2-4(8(13)14)6(11)7(5)12/h2-3,16-17H,1H3,(H,13,14). The van der Waals surface area contributed by atoms with Gasteiger partial charge in [0, 0.05) is 15.9 Å². The van der Waals surface area contributed by atoms with Crippen LogP contribution in [0.4, 0.5) is 0 Å². The van der Waals surface area contributed by atoms with Crippen LogP contribution in [0.3, 0.4) is 0 Å². The number of rotatable bonds is 3. The monoisotopic (exact) mass is 382 g/mol. The Bertz CT molecular complexity index is 506. The van der Waals surface area contributed by atoms with Crippen molar-refractivity contribution in [2.45, 2.75) is 12.9 Å². The summed E-state index contributed by atoms with van der Waals surface area (Å²) in [6.07, 6.45) is 0. The number of carbonyl (C=O) groups is 2. The third-order valence-electron chi connectivity index (χ3n) is 1.82. The number of benzene rings is 1. The lowest BCUT2D eigenvalue weighted by atomic mass is 10.1. The molecule has 0 atom stereocenters. The quantitative estimate of drug-likeness (QED) is 0.542. The average molecular weight is 384 g/mol. The van der Waals surface area contributed by atoms with Crippen molar-refractivity contribution < 1.29 is 29.6 Å². The molecule has 0 saturated heterocycles. The third-order valence-corrected chi connectivity index (χ3v) is 4.00. The fourth-order valence-corrected chi connectivity index (χ4v) is 2.13. The van der Waals surface area contributed by atoms with E-state index in [1.54, 1.807) is 0 Å². The van der Waals surface area contributed by atoms with Crippen molar-refractivity contribution >= 4 is 43.8 Å². The molecule has 0 fully saturated rings. The van der Waals surface area contributed by atoms with E-state index < -0.39 is 17.9 Å². The zero-order valence-corrected chi connectivity index (χ0v) is 12.1. The molecule has 0 aliphatic rings. The number of aromatic carboxylic acids is 1. The summed E-state index contributed by atoms with van der Waals surface area (Å²) in [5.74, 6) is -4.78. The summed E-state index contributed by atoms with van der Waals surface area (Å²) in [5.41, 5.74) is -0.0876. The van der Waals surface area contributed by atoms with Crippen LogP contribution in [0.1, 0.15) is 27.6 Å². The van der Waals surface area contributed by atoms with Crippen LogP contribution < -0.4 is 0 Å². The minimum atomic E-state index is -2.60. The summed E-state index contributed by atoms with van der Waals surface area (Å²) >= 11 is 6.05. The molecule has 0 radical (unpaired) electrons. The molecule has 1 aromatic rings. The molecule has 3 N–H and O–H groups in total. The van der Waals surface area contributed by atoms with Crippen molar-refractivity contribution in [3.63, 3.8) is 0 Å². The van der Waals surface area contributed by atoms with E-state index in [2.05, 4.69) is 36.6 Å². The summed E-state index contributed by atoms with van der Waals surface area (Å²) < 4.78 is 4.64. The predicted molar refractivity (Wildman–Crippen MR) is 67.1 cm³/mol. The largest absolute Gasteiger partial charge is 0.478 e. The van der Waals surface area contributed by atoms with E-state index in [-0.39, 0.29) is 20.1 Å². The van der Waals surface area contributed by atoms with E-state index in [0.717, 1.165) is 6.92 Å². The molecule has 0 amide bonds. The molecule has 0 aromatic heterocycles. The Morgan fingerprint density at radius 3 is 2.06 bits per heavy atom. The van der Waals surface area contributed by atoms with Crippen LogP contribution in [-0.4, -0.2) is 33.2 Å². The van der Waals surface area contributed by atoms with Crippen LogP contribution in [-0.2, 0) is 4.74 Å².